The van der Waals surface area contributed by atoms with Gasteiger partial charge < -0.3 is 9.64 Å². The molecule has 1 aliphatic heterocycles. The fourth-order valence-corrected chi connectivity index (χ4v) is 3.27. The molecule has 0 saturated heterocycles. The summed E-state index contributed by atoms with van der Waals surface area (Å²) in [5, 5.41) is 0. The second-order valence-electron chi connectivity index (χ2n) is 6.07. The minimum Gasteiger partial charge on any atom is -0.481 e. The first-order valence-electron chi connectivity index (χ1n) is 8.44. The monoisotopic (exact) mass is 307 g/mol. The molecule has 120 valence electrons. The lowest BCUT2D eigenvalue weighted by atomic mass is 9.91. The van der Waals surface area contributed by atoms with Crippen LogP contribution in [0.25, 0.3) is 5.57 Å². The Kier molecular flexibility index (Phi) is 4.42. The number of hydrogen-bond donors (Lipinski definition) is 0. The maximum atomic E-state index is 6.40. The van der Waals surface area contributed by atoms with Gasteiger partial charge in [-0.25, -0.2) is 0 Å². The first kappa shape index (κ1) is 15.7. The van der Waals surface area contributed by atoms with Gasteiger partial charge in [0.1, 0.15) is 11.9 Å². The average Bonchev–Trinajstić information content (AvgIpc) is 2.60. The third-order valence-electron chi connectivity index (χ3n) is 4.83. The summed E-state index contributed by atoms with van der Waals surface area (Å²) in [6.45, 7) is 10.8. The Hall–Kier alpha value is -2.22. The van der Waals surface area contributed by atoms with Gasteiger partial charge in [-0.05, 0) is 56.5 Å². The van der Waals surface area contributed by atoms with E-state index in [2.05, 4.69) is 75.1 Å². The summed E-state index contributed by atoms with van der Waals surface area (Å²) >= 11 is 0. The highest BCUT2D eigenvalue weighted by molar-refractivity contribution is 5.76. The Morgan fingerprint density at radius 1 is 0.957 bits per heavy atom. The standard InChI is InChI=1S/C21H25NO/c1-5-22(6-2)18-12-13-19-15(3)16(4)21(23-20(19)14-18)17-10-8-7-9-11-17/h7-14,21H,5-6H2,1-4H3. The van der Waals surface area contributed by atoms with Crippen LogP contribution in [0.5, 0.6) is 5.75 Å². The molecule has 2 aromatic carbocycles. The highest BCUT2D eigenvalue weighted by Gasteiger charge is 2.25. The van der Waals surface area contributed by atoms with E-state index in [0.29, 0.717) is 0 Å². The topological polar surface area (TPSA) is 12.5 Å². The minimum atomic E-state index is 0.00986. The molecule has 0 fully saturated rings. The van der Waals surface area contributed by atoms with Crippen LogP contribution in [0.1, 0.15) is 44.9 Å². The molecule has 2 heteroatoms. The third kappa shape index (κ3) is 2.86. The zero-order chi connectivity index (χ0) is 16.4. The molecule has 1 atom stereocenters. The van der Waals surface area contributed by atoms with Crippen LogP contribution in [-0.4, -0.2) is 13.1 Å². The molecule has 0 bridgehead atoms. The van der Waals surface area contributed by atoms with Gasteiger partial charge >= 0.3 is 0 Å². The normalized spacial score (nSPS) is 16.8. The number of anilines is 1. The fraction of sp³-hybridized carbons (Fsp3) is 0.333. The number of rotatable bonds is 4. The van der Waals surface area contributed by atoms with E-state index in [0.717, 1.165) is 18.8 Å². The van der Waals surface area contributed by atoms with E-state index in [4.69, 9.17) is 4.74 Å². The summed E-state index contributed by atoms with van der Waals surface area (Å²) < 4.78 is 6.40. The molecule has 3 rings (SSSR count). The van der Waals surface area contributed by atoms with E-state index >= 15 is 0 Å². The van der Waals surface area contributed by atoms with Crippen LogP contribution in [0.15, 0.2) is 54.1 Å². The van der Waals surface area contributed by atoms with Crippen LogP contribution >= 0.6 is 0 Å². The highest BCUT2D eigenvalue weighted by Crippen LogP contribution is 2.43. The van der Waals surface area contributed by atoms with Crippen molar-refractivity contribution < 1.29 is 4.74 Å². The Bertz CT molecular complexity index is 714. The summed E-state index contributed by atoms with van der Waals surface area (Å²) in [5.74, 6) is 0.992. The lowest BCUT2D eigenvalue weighted by Gasteiger charge is -2.30. The van der Waals surface area contributed by atoms with E-state index < -0.39 is 0 Å². The maximum Gasteiger partial charge on any atom is 0.145 e. The van der Waals surface area contributed by atoms with Crippen molar-refractivity contribution in [1.29, 1.82) is 0 Å². The maximum absolute atomic E-state index is 6.40. The van der Waals surface area contributed by atoms with Gasteiger partial charge in [0, 0.05) is 30.4 Å². The fourth-order valence-electron chi connectivity index (χ4n) is 3.27. The van der Waals surface area contributed by atoms with Crippen molar-refractivity contribution in [3.05, 3.63) is 65.2 Å². The molecule has 0 amide bonds. The van der Waals surface area contributed by atoms with Gasteiger partial charge in [0.15, 0.2) is 0 Å². The van der Waals surface area contributed by atoms with Crippen molar-refractivity contribution in [2.45, 2.75) is 33.8 Å². The third-order valence-corrected chi connectivity index (χ3v) is 4.83. The SMILES string of the molecule is CCN(CC)c1ccc2c(c1)OC(c1ccccc1)C(C)=C2C. The average molecular weight is 307 g/mol. The lowest BCUT2D eigenvalue weighted by Crippen LogP contribution is -2.22. The van der Waals surface area contributed by atoms with Gasteiger partial charge in [-0.15, -0.1) is 0 Å². The van der Waals surface area contributed by atoms with Crippen molar-refractivity contribution in [1.82, 2.24) is 0 Å². The number of nitrogens with zero attached hydrogens (tertiary/aromatic N) is 1. The molecule has 23 heavy (non-hydrogen) atoms. The predicted octanol–water partition coefficient (Wildman–Crippen LogP) is 5.46. The van der Waals surface area contributed by atoms with Crippen LogP contribution in [0.2, 0.25) is 0 Å². The van der Waals surface area contributed by atoms with Crippen molar-refractivity contribution in [2.75, 3.05) is 18.0 Å². The molecule has 2 nitrogen and oxygen atoms in total. The summed E-state index contributed by atoms with van der Waals surface area (Å²) in [7, 11) is 0. The molecular formula is C21H25NO. The molecule has 0 aromatic heterocycles. The van der Waals surface area contributed by atoms with Crippen LogP contribution in [-0.2, 0) is 0 Å². The van der Waals surface area contributed by atoms with Gasteiger partial charge in [-0.1, -0.05) is 30.3 Å². The molecule has 0 N–H and O–H groups in total. The predicted molar refractivity (Wildman–Crippen MR) is 98.1 cm³/mol. The molecule has 0 aliphatic carbocycles. The zero-order valence-electron chi connectivity index (χ0n) is 14.5. The smallest absolute Gasteiger partial charge is 0.145 e. The van der Waals surface area contributed by atoms with E-state index in [1.54, 1.807) is 0 Å². The Labute approximate surface area is 139 Å². The molecule has 1 aliphatic rings. The Morgan fingerprint density at radius 2 is 1.65 bits per heavy atom. The first-order valence-corrected chi connectivity index (χ1v) is 8.44. The van der Waals surface area contributed by atoms with Crippen molar-refractivity contribution in [3.63, 3.8) is 0 Å². The quantitative estimate of drug-likeness (QED) is 0.743. The number of ether oxygens (including phenoxy) is 1. The Morgan fingerprint density at radius 3 is 2.30 bits per heavy atom. The summed E-state index contributed by atoms with van der Waals surface area (Å²) in [6.07, 6.45) is 0.00986. The van der Waals surface area contributed by atoms with Crippen LogP contribution in [0.3, 0.4) is 0 Å². The van der Waals surface area contributed by atoms with Gasteiger partial charge in [0.05, 0.1) is 0 Å². The van der Waals surface area contributed by atoms with Crippen molar-refractivity contribution >= 4 is 11.3 Å². The van der Waals surface area contributed by atoms with Crippen molar-refractivity contribution in [3.8, 4) is 5.75 Å². The van der Waals surface area contributed by atoms with Gasteiger partial charge in [-0.2, -0.15) is 0 Å². The minimum absolute atomic E-state index is 0.00986. The number of hydrogen-bond acceptors (Lipinski definition) is 2. The van der Waals surface area contributed by atoms with Crippen LogP contribution in [0, 0.1) is 0 Å². The second-order valence-corrected chi connectivity index (χ2v) is 6.07. The molecule has 0 radical (unpaired) electrons. The molecule has 1 heterocycles. The van der Waals surface area contributed by atoms with Gasteiger partial charge in [-0.3, -0.25) is 0 Å². The second kappa shape index (κ2) is 6.49. The van der Waals surface area contributed by atoms with E-state index in [1.807, 2.05) is 6.07 Å². The van der Waals surface area contributed by atoms with Gasteiger partial charge in [0.2, 0.25) is 0 Å². The summed E-state index contributed by atoms with van der Waals surface area (Å²) in [6, 6.07) is 17.1. The van der Waals surface area contributed by atoms with Crippen molar-refractivity contribution in [2.24, 2.45) is 0 Å². The van der Waals surface area contributed by atoms with E-state index in [1.165, 1.54) is 28.0 Å². The van der Waals surface area contributed by atoms with E-state index in [9.17, 15) is 0 Å². The Balaban J connectivity index is 2.03. The number of allylic oxidation sites excluding steroid dienone is 1. The largest absolute Gasteiger partial charge is 0.481 e. The molecule has 2 aromatic rings. The van der Waals surface area contributed by atoms with E-state index in [-0.39, 0.29) is 6.10 Å². The first-order chi connectivity index (χ1) is 11.2. The number of benzene rings is 2. The molecular weight excluding hydrogens is 282 g/mol. The molecule has 0 spiro atoms. The summed E-state index contributed by atoms with van der Waals surface area (Å²) in [5.41, 5.74) is 6.27. The van der Waals surface area contributed by atoms with Crippen LogP contribution < -0.4 is 9.64 Å². The number of fused-ring (bicyclic) bond motifs is 1. The molecule has 1 unspecified atom stereocenters. The zero-order valence-corrected chi connectivity index (χ0v) is 14.5. The van der Waals surface area contributed by atoms with Gasteiger partial charge in [0.25, 0.3) is 0 Å². The highest BCUT2D eigenvalue weighted by atomic mass is 16.5. The summed E-state index contributed by atoms with van der Waals surface area (Å²) in [4.78, 5) is 2.35. The van der Waals surface area contributed by atoms with Crippen LogP contribution in [0.4, 0.5) is 5.69 Å². The molecule has 0 saturated carbocycles. The lowest BCUT2D eigenvalue weighted by molar-refractivity contribution is 0.237.